The number of rotatable bonds is 5. The smallest absolute Gasteiger partial charge is 0.251 e. The Morgan fingerprint density at radius 3 is 2.89 bits per heavy atom. The van der Waals surface area contributed by atoms with Crippen LogP contribution >= 0.6 is 11.3 Å². The summed E-state index contributed by atoms with van der Waals surface area (Å²) in [5.74, 6) is 0.458. The Morgan fingerprint density at radius 1 is 1.42 bits per heavy atom. The summed E-state index contributed by atoms with van der Waals surface area (Å²) in [6.07, 6.45) is 0.834. The van der Waals surface area contributed by atoms with Gasteiger partial charge in [-0.3, -0.25) is 4.79 Å². The number of hydrogen-bond donors (Lipinski definition) is 2. The lowest BCUT2D eigenvalue weighted by Gasteiger charge is -2.08. The first-order chi connectivity index (χ1) is 9.20. The first-order valence-corrected chi connectivity index (χ1v) is 6.88. The van der Waals surface area contributed by atoms with Crippen molar-refractivity contribution in [2.24, 2.45) is 0 Å². The van der Waals surface area contributed by atoms with Gasteiger partial charge < -0.3 is 15.8 Å². The average Bonchev–Trinajstić information content (AvgIpc) is 2.91. The Hall–Kier alpha value is -2.01. The lowest BCUT2D eigenvalue weighted by Crippen LogP contribution is -2.25. The number of nitrogen functional groups attached to an aromatic ring is 1. The Kier molecular flexibility index (Phi) is 4.41. The van der Waals surface area contributed by atoms with E-state index in [1.807, 2.05) is 5.38 Å². The Morgan fingerprint density at radius 2 is 2.26 bits per heavy atom. The van der Waals surface area contributed by atoms with E-state index in [0.717, 1.165) is 6.42 Å². The molecule has 5 heteroatoms. The molecule has 0 aliphatic rings. The van der Waals surface area contributed by atoms with Crippen molar-refractivity contribution in [3.63, 3.8) is 0 Å². The van der Waals surface area contributed by atoms with E-state index in [2.05, 4.69) is 16.8 Å². The predicted molar refractivity (Wildman–Crippen MR) is 77.8 cm³/mol. The summed E-state index contributed by atoms with van der Waals surface area (Å²) in [6.45, 7) is 0.613. The summed E-state index contributed by atoms with van der Waals surface area (Å²) < 4.78 is 5.05. The summed E-state index contributed by atoms with van der Waals surface area (Å²) in [7, 11) is 1.55. The normalized spacial score (nSPS) is 10.2. The maximum Gasteiger partial charge on any atom is 0.251 e. The largest absolute Gasteiger partial charge is 0.495 e. The van der Waals surface area contributed by atoms with Crippen LogP contribution in [-0.4, -0.2) is 19.6 Å². The number of hydrogen-bond acceptors (Lipinski definition) is 4. The average molecular weight is 276 g/mol. The molecule has 4 nitrogen and oxygen atoms in total. The molecule has 1 heterocycles. The minimum Gasteiger partial charge on any atom is -0.495 e. The Labute approximate surface area is 116 Å². The van der Waals surface area contributed by atoms with Crippen LogP contribution in [0.3, 0.4) is 0 Å². The molecule has 2 aromatic rings. The van der Waals surface area contributed by atoms with E-state index in [9.17, 15) is 4.79 Å². The first-order valence-electron chi connectivity index (χ1n) is 5.93. The van der Waals surface area contributed by atoms with Crippen molar-refractivity contribution in [2.75, 3.05) is 19.4 Å². The zero-order chi connectivity index (χ0) is 13.7. The molecule has 1 aromatic heterocycles. The number of benzene rings is 1. The summed E-state index contributed by atoms with van der Waals surface area (Å²) >= 11 is 1.66. The third kappa shape index (κ3) is 3.48. The van der Waals surface area contributed by atoms with Gasteiger partial charge in [0.2, 0.25) is 0 Å². The maximum atomic E-state index is 11.9. The molecule has 1 aromatic carbocycles. The third-order valence-electron chi connectivity index (χ3n) is 2.77. The molecule has 1 amide bonds. The summed E-state index contributed by atoms with van der Waals surface area (Å²) in [6, 6.07) is 7.08. The summed E-state index contributed by atoms with van der Waals surface area (Å²) in [5, 5.41) is 6.98. The topological polar surface area (TPSA) is 64.3 Å². The molecule has 0 unspecified atom stereocenters. The van der Waals surface area contributed by atoms with E-state index < -0.39 is 0 Å². The highest BCUT2D eigenvalue weighted by Gasteiger charge is 2.08. The zero-order valence-corrected chi connectivity index (χ0v) is 11.5. The molecule has 100 valence electrons. The lowest BCUT2D eigenvalue weighted by molar-refractivity contribution is 0.0954. The standard InChI is InChI=1S/C14H16N2O2S/c1-18-13-3-2-11(8-12(13)15)14(17)16-6-4-10-5-7-19-9-10/h2-3,5,7-9H,4,6,15H2,1H3,(H,16,17). The summed E-state index contributed by atoms with van der Waals surface area (Å²) in [5.41, 5.74) is 8.02. The van der Waals surface area contributed by atoms with Crippen molar-refractivity contribution < 1.29 is 9.53 Å². The van der Waals surface area contributed by atoms with Crippen molar-refractivity contribution in [1.29, 1.82) is 0 Å². The second-order valence-corrected chi connectivity index (χ2v) is 4.87. The molecule has 0 saturated heterocycles. The molecule has 0 saturated carbocycles. The van der Waals surface area contributed by atoms with Gasteiger partial charge in [-0.05, 0) is 47.0 Å². The fourth-order valence-electron chi connectivity index (χ4n) is 1.73. The fourth-order valence-corrected chi connectivity index (χ4v) is 2.44. The predicted octanol–water partition coefficient (Wildman–Crippen LogP) is 2.31. The van der Waals surface area contributed by atoms with E-state index in [1.54, 1.807) is 36.6 Å². The van der Waals surface area contributed by atoms with E-state index in [0.29, 0.717) is 23.5 Å². The van der Waals surface area contributed by atoms with Crippen LogP contribution in [0.5, 0.6) is 5.75 Å². The molecule has 0 fully saturated rings. The number of methoxy groups -OCH3 is 1. The molecule has 19 heavy (non-hydrogen) atoms. The second kappa shape index (κ2) is 6.24. The molecule has 3 N–H and O–H groups in total. The minimum atomic E-state index is -0.121. The van der Waals surface area contributed by atoms with Crippen LogP contribution in [0.15, 0.2) is 35.0 Å². The number of amides is 1. The lowest BCUT2D eigenvalue weighted by atomic mass is 10.1. The highest BCUT2D eigenvalue weighted by Crippen LogP contribution is 2.21. The van der Waals surface area contributed by atoms with E-state index in [4.69, 9.17) is 10.5 Å². The van der Waals surface area contributed by atoms with Crippen LogP contribution in [0.2, 0.25) is 0 Å². The van der Waals surface area contributed by atoms with Crippen LogP contribution in [0.1, 0.15) is 15.9 Å². The number of nitrogens with two attached hydrogens (primary N) is 1. The maximum absolute atomic E-state index is 11.9. The van der Waals surface area contributed by atoms with Gasteiger partial charge in [-0.1, -0.05) is 0 Å². The van der Waals surface area contributed by atoms with Gasteiger partial charge in [0.1, 0.15) is 5.75 Å². The monoisotopic (exact) mass is 276 g/mol. The van der Waals surface area contributed by atoms with Crippen LogP contribution in [-0.2, 0) is 6.42 Å². The molecule has 0 aliphatic heterocycles. The van der Waals surface area contributed by atoms with Crippen molar-refractivity contribution in [2.45, 2.75) is 6.42 Å². The molecule has 0 aliphatic carbocycles. The molecule has 2 rings (SSSR count). The van der Waals surface area contributed by atoms with Crippen molar-refractivity contribution in [3.8, 4) is 5.75 Å². The molecular weight excluding hydrogens is 260 g/mol. The number of ether oxygens (including phenoxy) is 1. The fraction of sp³-hybridized carbons (Fsp3) is 0.214. The molecular formula is C14H16N2O2S. The van der Waals surface area contributed by atoms with Crippen molar-refractivity contribution in [3.05, 3.63) is 46.2 Å². The molecule has 0 bridgehead atoms. The number of carbonyl (C=O) groups is 1. The van der Waals surface area contributed by atoms with Gasteiger partial charge in [-0.2, -0.15) is 11.3 Å². The van der Waals surface area contributed by atoms with Crippen molar-refractivity contribution >= 4 is 22.9 Å². The highest BCUT2D eigenvalue weighted by atomic mass is 32.1. The van der Waals surface area contributed by atoms with Crippen molar-refractivity contribution in [1.82, 2.24) is 5.32 Å². The molecule has 0 spiro atoms. The van der Waals surface area contributed by atoms with Gasteiger partial charge in [0.15, 0.2) is 0 Å². The van der Waals surface area contributed by atoms with E-state index in [-0.39, 0.29) is 5.91 Å². The number of thiophene rings is 1. The summed E-state index contributed by atoms with van der Waals surface area (Å²) in [4.78, 5) is 11.9. The van der Waals surface area contributed by atoms with Gasteiger partial charge in [-0.15, -0.1) is 0 Å². The molecule has 0 radical (unpaired) electrons. The van der Waals surface area contributed by atoms with E-state index in [1.165, 1.54) is 5.56 Å². The number of anilines is 1. The van der Waals surface area contributed by atoms with Gasteiger partial charge >= 0.3 is 0 Å². The quantitative estimate of drug-likeness (QED) is 0.824. The zero-order valence-electron chi connectivity index (χ0n) is 10.7. The molecule has 0 atom stereocenters. The Bertz CT molecular complexity index is 553. The van der Waals surface area contributed by atoms with Crippen LogP contribution in [0.4, 0.5) is 5.69 Å². The SMILES string of the molecule is COc1ccc(C(=O)NCCc2ccsc2)cc1N. The first kappa shape index (κ1) is 13.4. The minimum absolute atomic E-state index is 0.121. The third-order valence-corrected chi connectivity index (χ3v) is 3.50. The second-order valence-electron chi connectivity index (χ2n) is 4.09. The van der Waals surface area contributed by atoms with Gasteiger partial charge in [0.25, 0.3) is 5.91 Å². The number of nitrogens with one attached hydrogen (secondary N) is 1. The van der Waals surface area contributed by atoms with Gasteiger partial charge in [0, 0.05) is 12.1 Å². The van der Waals surface area contributed by atoms with Crippen LogP contribution in [0, 0.1) is 0 Å². The van der Waals surface area contributed by atoms with Crippen LogP contribution < -0.4 is 15.8 Å². The van der Waals surface area contributed by atoms with Gasteiger partial charge in [0.05, 0.1) is 12.8 Å². The van der Waals surface area contributed by atoms with Crippen LogP contribution in [0.25, 0.3) is 0 Å². The number of carbonyl (C=O) groups excluding carboxylic acids is 1. The Balaban J connectivity index is 1.91. The van der Waals surface area contributed by atoms with Gasteiger partial charge in [-0.25, -0.2) is 0 Å². The van der Waals surface area contributed by atoms with E-state index >= 15 is 0 Å². The highest BCUT2D eigenvalue weighted by molar-refractivity contribution is 7.07.